The van der Waals surface area contributed by atoms with Crippen LogP contribution in [0.3, 0.4) is 0 Å². The number of hydrogen-bond donors (Lipinski definition) is 1. The topological polar surface area (TPSA) is 55.1 Å². The standard InChI is InChI=1S/C21H20FN5/c1-3-15-8-10-16(11-9-15)14(2)23-19-12-13-20-24-25-21(27(20)26-19)17-6-4-5-7-18(17)22/h4-14H,3H2,1-2H3,(H,23,26). The molecule has 6 heteroatoms. The molecule has 0 bridgehead atoms. The van der Waals surface area contributed by atoms with Crippen LogP contribution in [0.1, 0.15) is 31.0 Å². The molecule has 2 heterocycles. The molecule has 1 N–H and O–H groups in total. The quantitative estimate of drug-likeness (QED) is 0.561. The molecule has 5 nitrogen and oxygen atoms in total. The fourth-order valence-corrected chi connectivity index (χ4v) is 3.02. The third-order valence-corrected chi connectivity index (χ3v) is 4.63. The van der Waals surface area contributed by atoms with Gasteiger partial charge in [-0.05, 0) is 48.7 Å². The van der Waals surface area contributed by atoms with E-state index in [2.05, 4.69) is 58.7 Å². The zero-order valence-corrected chi connectivity index (χ0v) is 15.2. The van der Waals surface area contributed by atoms with Crippen LogP contribution in [0.4, 0.5) is 10.2 Å². The SMILES string of the molecule is CCc1ccc(C(C)Nc2ccc3nnc(-c4ccccc4F)n3n2)cc1. The average molecular weight is 361 g/mol. The van der Waals surface area contributed by atoms with Crippen molar-refractivity contribution in [3.63, 3.8) is 0 Å². The maximum absolute atomic E-state index is 14.2. The van der Waals surface area contributed by atoms with E-state index >= 15 is 0 Å². The maximum atomic E-state index is 14.2. The van der Waals surface area contributed by atoms with E-state index < -0.39 is 0 Å². The molecule has 1 unspecified atom stereocenters. The molecule has 2 aromatic carbocycles. The van der Waals surface area contributed by atoms with Gasteiger partial charge in [0.2, 0.25) is 0 Å². The average Bonchev–Trinajstić information content (AvgIpc) is 3.11. The van der Waals surface area contributed by atoms with Gasteiger partial charge in [0.25, 0.3) is 0 Å². The minimum Gasteiger partial charge on any atom is -0.362 e. The Balaban J connectivity index is 1.65. The van der Waals surface area contributed by atoms with Crippen LogP contribution in [-0.2, 0) is 6.42 Å². The summed E-state index contributed by atoms with van der Waals surface area (Å²) in [5.74, 6) is 0.704. The Morgan fingerprint density at radius 3 is 2.52 bits per heavy atom. The first kappa shape index (κ1) is 17.1. The number of halogens is 1. The molecule has 27 heavy (non-hydrogen) atoms. The van der Waals surface area contributed by atoms with Gasteiger partial charge in [0.1, 0.15) is 11.6 Å². The fourth-order valence-electron chi connectivity index (χ4n) is 3.02. The van der Waals surface area contributed by atoms with Crippen molar-refractivity contribution in [1.82, 2.24) is 19.8 Å². The minimum absolute atomic E-state index is 0.0780. The summed E-state index contributed by atoms with van der Waals surface area (Å²) >= 11 is 0. The third kappa shape index (κ3) is 3.38. The molecule has 4 aromatic rings. The number of benzene rings is 2. The fraction of sp³-hybridized carbons (Fsp3) is 0.190. The first-order valence-corrected chi connectivity index (χ1v) is 8.98. The molecule has 0 saturated heterocycles. The van der Waals surface area contributed by atoms with Gasteiger partial charge in [0.15, 0.2) is 11.5 Å². The lowest BCUT2D eigenvalue weighted by Crippen LogP contribution is -2.10. The van der Waals surface area contributed by atoms with Crippen molar-refractivity contribution < 1.29 is 4.39 Å². The van der Waals surface area contributed by atoms with Gasteiger partial charge in [-0.15, -0.1) is 15.3 Å². The number of anilines is 1. The number of aryl methyl sites for hydroxylation is 1. The monoisotopic (exact) mass is 361 g/mol. The van der Waals surface area contributed by atoms with Crippen LogP contribution in [0.25, 0.3) is 17.0 Å². The smallest absolute Gasteiger partial charge is 0.188 e. The minimum atomic E-state index is -0.351. The van der Waals surface area contributed by atoms with Gasteiger partial charge in [-0.2, -0.15) is 4.52 Å². The Morgan fingerprint density at radius 1 is 1.00 bits per heavy atom. The van der Waals surface area contributed by atoms with Crippen LogP contribution in [0.15, 0.2) is 60.7 Å². The van der Waals surface area contributed by atoms with E-state index in [-0.39, 0.29) is 11.9 Å². The van der Waals surface area contributed by atoms with Crippen molar-refractivity contribution in [2.75, 3.05) is 5.32 Å². The van der Waals surface area contributed by atoms with E-state index in [1.54, 1.807) is 22.7 Å². The van der Waals surface area contributed by atoms with Crippen molar-refractivity contribution in [2.24, 2.45) is 0 Å². The van der Waals surface area contributed by atoms with Crippen LogP contribution in [0.2, 0.25) is 0 Å². The van der Waals surface area contributed by atoms with E-state index in [9.17, 15) is 4.39 Å². The summed E-state index contributed by atoms with van der Waals surface area (Å²) in [5, 5.41) is 16.2. The molecule has 0 aliphatic carbocycles. The number of nitrogens with one attached hydrogen (secondary N) is 1. The first-order chi connectivity index (χ1) is 13.2. The van der Waals surface area contributed by atoms with Crippen LogP contribution < -0.4 is 5.32 Å². The highest BCUT2D eigenvalue weighted by molar-refractivity contribution is 5.60. The second-order valence-electron chi connectivity index (χ2n) is 6.45. The van der Waals surface area contributed by atoms with Gasteiger partial charge in [0.05, 0.1) is 5.56 Å². The van der Waals surface area contributed by atoms with Crippen LogP contribution in [0, 0.1) is 5.82 Å². The molecular weight excluding hydrogens is 341 g/mol. The first-order valence-electron chi connectivity index (χ1n) is 8.98. The molecule has 1 atom stereocenters. The van der Waals surface area contributed by atoms with E-state index in [4.69, 9.17) is 0 Å². The van der Waals surface area contributed by atoms with E-state index in [1.165, 1.54) is 17.2 Å². The van der Waals surface area contributed by atoms with Gasteiger partial charge in [0, 0.05) is 6.04 Å². The molecule has 0 spiro atoms. The zero-order valence-electron chi connectivity index (χ0n) is 15.2. The number of hydrogen-bond acceptors (Lipinski definition) is 4. The third-order valence-electron chi connectivity index (χ3n) is 4.63. The van der Waals surface area contributed by atoms with E-state index in [0.717, 1.165) is 6.42 Å². The Morgan fingerprint density at radius 2 is 1.78 bits per heavy atom. The molecule has 0 radical (unpaired) electrons. The summed E-state index contributed by atoms with van der Waals surface area (Å²) in [6, 6.07) is 18.8. The molecular formula is C21H20FN5. The summed E-state index contributed by atoms with van der Waals surface area (Å²) in [6.45, 7) is 4.22. The lowest BCUT2D eigenvalue weighted by atomic mass is 10.1. The molecule has 0 aliphatic heterocycles. The van der Waals surface area contributed by atoms with Crippen molar-refractivity contribution in [2.45, 2.75) is 26.3 Å². The van der Waals surface area contributed by atoms with Crippen LogP contribution in [0.5, 0.6) is 0 Å². The summed E-state index contributed by atoms with van der Waals surface area (Å²) < 4.78 is 15.7. The summed E-state index contributed by atoms with van der Waals surface area (Å²) in [6.07, 6.45) is 1.02. The van der Waals surface area contributed by atoms with Crippen LogP contribution in [-0.4, -0.2) is 19.8 Å². The largest absolute Gasteiger partial charge is 0.362 e. The van der Waals surface area contributed by atoms with Gasteiger partial charge in [-0.3, -0.25) is 0 Å². The Kier molecular flexibility index (Phi) is 4.54. The van der Waals surface area contributed by atoms with Gasteiger partial charge >= 0.3 is 0 Å². The number of fused-ring (bicyclic) bond motifs is 1. The molecule has 0 aliphatic rings. The summed E-state index contributed by atoms with van der Waals surface area (Å²) in [5.41, 5.74) is 3.42. The lowest BCUT2D eigenvalue weighted by molar-refractivity contribution is 0.629. The van der Waals surface area contributed by atoms with Crippen molar-refractivity contribution in [1.29, 1.82) is 0 Å². The molecule has 0 amide bonds. The predicted molar refractivity (Wildman–Crippen MR) is 104 cm³/mol. The highest BCUT2D eigenvalue weighted by Crippen LogP contribution is 2.23. The van der Waals surface area contributed by atoms with Crippen LogP contribution >= 0.6 is 0 Å². The second kappa shape index (κ2) is 7.15. The molecule has 0 saturated carbocycles. The molecule has 136 valence electrons. The van der Waals surface area contributed by atoms with Gasteiger partial charge in [-0.25, -0.2) is 4.39 Å². The number of nitrogens with zero attached hydrogens (tertiary/aromatic N) is 4. The maximum Gasteiger partial charge on any atom is 0.188 e. The van der Waals surface area contributed by atoms with Gasteiger partial charge < -0.3 is 5.32 Å². The van der Waals surface area contributed by atoms with Crippen molar-refractivity contribution in [3.8, 4) is 11.4 Å². The second-order valence-corrected chi connectivity index (χ2v) is 6.45. The van der Waals surface area contributed by atoms with E-state index in [1.807, 2.05) is 12.1 Å². The Bertz CT molecular complexity index is 1070. The van der Waals surface area contributed by atoms with E-state index in [0.29, 0.717) is 22.9 Å². The normalized spacial score (nSPS) is 12.3. The highest BCUT2D eigenvalue weighted by atomic mass is 19.1. The predicted octanol–water partition coefficient (Wildman–Crippen LogP) is 4.67. The molecule has 4 rings (SSSR count). The zero-order chi connectivity index (χ0) is 18.8. The highest BCUT2D eigenvalue weighted by Gasteiger charge is 2.14. The van der Waals surface area contributed by atoms with Crippen molar-refractivity contribution in [3.05, 3.63) is 77.6 Å². The molecule has 2 aromatic heterocycles. The Labute approximate surface area is 156 Å². The number of rotatable bonds is 5. The molecule has 0 fully saturated rings. The van der Waals surface area contributed by atoms with Crippen molar-refractivity contribution >= 4 is 11.5 Å². The number of aromatic nitrogens is 4. The summed E-state index contributed by atoms with van der Waals surface area (Å²) in [4.78, 5) is 0. The van der Waals surface area contributed by atoms with Gasteiger partial charge in [-0.1, -0.05) is 43.3 Å². The Hall–Kier alpha value is -3.28. The lowest BCUT2D eigenvalue weighted by Gasteiger charge is -2.15. The summed E-state index contributed by atoms with van der Waals surface area (Å²) in [7, 11) is 0.